The van der Waals surface area contributed by atoms with Gasteiger partial charge in [0.2, 0.25) is 0 Å². The third-order valence-electron chi connectivity index (χ3n) is 3.76. The lowest BCUT2D eigenvalue weighted by molar-refractivity contribution is 0.0927. The van der Waals surface area contributed by atoms with Crippen LogP contribution in [0.2, 0.25) is 0 Å². The minimum atomic E-state index is -0.586. The zero-order valence-electron chi connectivity index (χ0n) is 12.9. The summed E-state index contributed by atoms with van der Waals surface area (Å²) in [6, 6.07) is 13.9. The number of aromatic nitrogens is 2. The molecule has 1 atom stereocenters. The van der Waals surface area contributed by atoms with Crippen molar-refractivity contribution in [3.63, 3.8) is 0 Å². The van der Waals surface area contributed by atoms with Crippen LogP contribution in [0.25, 0.3) is 11.0 Å². The first-order valence-electron chi connectivity index (χ1n) is 7.42. The van der Waals surface area contributed by atoms with E-state index in [4.69, 9.17) is 4.74 Å². The molecular formula is C18H20N2O2. The van der Waals surface area contributed by atoms with Crippen molar-refractivity contribution in [3.8, 4) is 5.75 Å². The van der Waals surface area contributed by atoms with E-state index in [1.54, 1.807) is 6.33 Å². The highest BCUT2D eigenvalue weighted by Gasteiger charge is 2.11. The third-order valence-corrected chi connectivity index (χ3v) is 3.76. The van der Waals surface area contributed by atoms with Crippen LogP contribution >= 0.6 is 0 Å². The first kappa shape index (κ1) is 14.6. The first-order valence-corrected chi connectivity index (χ1v) is 7.42. The summed E-state index contributed by atoms with van der Waals surface area (Å²) in [7, 11) is 0. The van der Waals surface area contributed by atoms with Crippen LogP contribution in [0.3, 0.4) is 0 Å². The van der Waals surface area contributed by atoms with Gasteiger partial charge in [-0.15, -0.1) is 0 Å². The number of nitrogens with zero attached hydrogens (tertiary/aromatic N) is 2. The Balaban J connectivity index is 1.67. The molecule has 3 rings (SSSR count). The SMILES string of the molecule is Cc1cccc(C)c1OCC(O)Cn1cnc2ccccc21. The number of para-hydroxylation sites is 3. The Morgan fingerprint density at radius 2 is 1.82 bits per heavy atom. The number of imidazole rings is 1. The number of benzene rings is 2. The highest BCUT2D eigenvalue weighted by atomic mass is 16.5. The van der Waals surface area contributed by atoms with Gasteiger partial charge in [0.1, 0.15) is 18.5 Å². The predicted molar refractivity (Wildman–Crippen MR) is 87.2 cm³/mol. The van der Waals surface area contributed by atoms with Crippen LogP contribution in [-0.2, 0) is 6.54 Å². The standard InChI is InChI=1S/C18H20N2O2/c1-13-6-5-7-14(2)18(13)22-11-15(21)10-20-12-19-16-8-3-4-9-17(16)20/h3-9,12,15,21H,10-11H2,1-2H3. The van der Waals surface area contributed by atoms with Crippen LogP contribution in [0, 0.1) is 13.8 Å². The minimum Gasteiger partial charge on any atom is -0.490 e. The van der Waals surface area contributed by atoms with Gasteiger partial charge in [0.25, 0.3) is 0 Å². The Bertz CT molecular complexity index is 759. The van der Waals surface area contributed by atoms with Gasteiger partial charge in [-0.05, 0) is 37.1 Å². The van der Waals surface area contributed by atoms with Crippen molar-refractivity contribution < 1.29 is 9.84 Å². The van der Waals surface area contributed by atoms with Crippen molar-refractivity contribution in [2.24, 2.45) is 0 Å². The van der Waals surface area contributed by atoms with Crippen molar-refractivity contribution in [2.45, 2.75) is 26.5 Å². The summed E-state index contributed by atoms with van der Waals surface area (Å²) < 4.78 is 7.76. The second-order valence-electron chi connectivity index (χ2n) is 5.57. The summed E-state index contributed by atoms with van der Waals surface area (Å²) in [6.45, 7) is 4.75. The van der Waals surface area contributed by atoms with Crippen molar-refractivity contribution in [1.82, 2.24) is 9.55 Å². The van der Waals surface area contributed by atoms with Crippen molar-refractivity contribution in [2.75, 3.05) is 6.61 Å². The molecule has 0 saturated heterocycles. The molecule has 0 spiro atoms. The van der Waals surface area contributed by atoms with E-state index in [-0.39, 0.29) is 6.61 Å². The van der Waals surface area contributed by atoms with E-state index in [0.29, 0.717) is 6.54 Å². The smallest absolute Gasteiger partial charge is 0.125 e. The molecule has 2 aromatic carbocycles. The number of ether oxygens (including phenoxy) is 1. The molecule has 1 heterocycles. The summed E-state index contributed by atoms with van der Waals surface area (Å²) in [5, 5.41) is 10.2. The third kappa shape index (κ3) is 2.97. The molecule has 0 aliphatic carbocycles. The molecule has 114 valence electrons. The Morgan fingerprint density at radius 1 is 1.09 bits per heavy atom. The van der Waals surface area contributed by atoms with E-state index >= 15 is 0 Å². The average molecular weight is 296 g/mol. The van der Waals surface area contributed by atoms with Crippen LogP contribution in [0.4, 0.5) is 0 Å². The predicted octanol–water partition coefficient (Wildman–Crippen LogP) is 3.09. The van der Waals surface area contributed by atoms with Crippen LogP contribution in [0.1, 0.15) is 11.1 Å². The monoisotopic (exact) mass is 296 g/mol. The number of hydrogen-bond donors (Lipinski definition) is 1. The zero-order chi connectivity index (χ0) is 15.5. The molecule has 0 fully saturated rings. The highest BCUT2D eigenvalue weighted by molar-refractivity contribution is 5.74. The lowest BCUT2D eigenvalue weighted by atomic mass is 10.1. The molecule has 0 radical (unpaired) electrons. The summed E-state index contributed by atoms with van der Waals surface area (Å²) in [5.74, 6) is 0.858. The number of aliphatic hydroxyl groups is 1. The molecule has 0 saturated carbocycles. The second kappa shape index (κ2) is 6.20. The summed E-state index contributed by atoms with van der Waals surface area (Å²) in [6.07, 6.45) is 1.17. The molecule has 1 aromatic heterocycles. The Labute approximate surface area is 130 Å². The lowest BCUT2D eigenvalue weighted by Crippen LogP contribution is -2.23. The summed E-state index contributed by atoms with van der Waals surface area (Å²) in [5.41, 5.74) is 4.12. The average Bonchev–Trinajstić information content (AvgIpc) is 2.90. The van der Waals surface area contributed by atoms with Gasteiger partial charge in [0, 0.05) is 0 Å². The van der Waals surface area contributed by atoms with Gasteiger partial charge in [-0.2, -0.15) is 0 Å². The summed E-state index contributed by atoms with van der Waals surface area (Å²) in [4.78, 5) is 4.33. The topological polar surface area (TPSA) is 47.3 Å². The molecule has 0 amide bonds. The maximum Gasteiger partial charge on any atom is 0.125 e. The molecule has 4 heteroatoms. The molecular weight excluding hydrogens is 276 g/mol. The van der Waals surface area contributed by atoms with E-state index in [1.165, 1.54) is 0 Å². The largest absolute Gasteiger partial charge is 0.490 e. The van der Waals surface area contributed by atoms with E-state index in [2.05, 4.69) is 4.98 Å². The van der Waals surface area contributed by atoms with Gasteiger partial charge in [-0.1, -0.05) is 30.3 Å². The van der Waals surface area contributed by atoms with Crippen molar-refractivity contribution in [3.05, 3.63) is 59.9 Å². The highest BCUT2D eigenvalue weighted by Crippen LogP contribution is 2.22. The molecule has 0 aliphatic heterocycles. The molecule has 1 unspecified atom stereocenters. The van der Waals surface area contributed by atoms with Crippen LogP contribution in [0.5, 0.6) is 5.75 Å². The van der Waals surface area contributed by atoms with E-state index < -0.39 is 6.10 Å². The first-order chi connectivity index (χ1) is 10.6. The van der Waals surface area contributed by atoms with Gasteiger partial charge in [0.15, 0.2) is 0 Å². The van der Waals surface area contributed by atoms with Crippen LogP contribution < -0.4 is 4.74 Å². The van der Waals surface area contributed by atoms with E-state index in [9.17, 15) is 5.11 Å². The number of aryl methyl sites for hydroxylation is 2. The van der Waals surface area contributed by atoms with Crippen LogP contribution in [0.15, 0.2) is 48.8 Å². The normalized spacial score (nSPS) is 12.5. The van der Waals surface area contributed by atoms with Gasteiger partial charge in [0.05, 0.1) is 23.9 Å². The van der Waals surface area contributed by atoms with Gasteiger partial charge in [-0.25, -0.2) is 4.98 Å². The Hall–Kier alpha value is -2.33. The molecule has 22 heavy (non-hydrogen) atoms. The number of rotatable bonds is 5. The number of aliphatic hydroxyl groups excluding tert-OH is 1. The molecule has 1 N–H and O–H groups in total. The molecule has 4 nitrogen and oxygen atoms in total. The fourth-order valence-corrected chi connectivity index (χ4v) is 2.64. The van der Waals surface area contributed by atoms with Gasteiger partial charge in [-0.3, -0.25) is 0 Å². The van der Waals surface area contributed by atoms with Gasteiger partial charge >= 0.3 is 0 Å². The lowest BCUT2D eigenvalue weighted by Gasteiger charge is -2.16. The maximum atomic E-state index is 10.2. The minimum absolute atomic E-state index is 0.262. The molecule has 3 aromatic rings. The molecule has 0 bridgehead atoms. The summed E-state index contributed by atoms with van der Waals surface area (Å²) >= 11 is 0. The quantitative estimate of drug-likeness (QED) is 0.787. The maximum absolute atomic E-state index is 10.2. The van der Waals surface area contributed by atoms with E-state index in [1.807, 2.05) is 60.9 Å². The van der Waals surface area contributed by atoms with Crippen molar-refractivity contribution in [1.29, 1.82) is 0 Å². The van der Waals surface area contributed by atoms with Gasteiger partial charge < -0.3 is 14.4 Å². The van der Waals surface area contributed by atoms with E-state index in [0.717, 1.165) is 27.9 Å². The Morgan fingerprint density at radius 3 is 2.59 bits per heavy atom. The van der Waals surface area contributed by atoms with Crippen molar-refractivity contribution >= 4 is 11.0 Å². The number of hydrogen-bond acceptors (Lipinski definition) is 3. The zero-order valence-corrected chi connectivity index (χ0v) is 12.9. The molecule has 0 aliphatic rings. The number of fused-ring (bicyclic) bond motifs is 1. The fourth-order valence-electron chi connectivity index (χ4n) is 2.64. The van der Waals surface area contributed by atoms with Crippen LogP contribution in [-0.4, -0.2) is 27.4 Å². The second-order valence-corrected chi connectivity index (χ2v) is 5.57. The fraction of sp³-hybridized carbons (Fsp3) is 0.278. The Kier molecular flexibility index (Phi) is 4.11.